The molecule has 1 atom stereocenters. The predicted molar refractivity (Wildman–Crippen MR) is 91.7 cm³/mol. The van der Waals surface area contributed by atoms with Crippen LogP contribution >= 0.6 is 11.3 Å². The number of amides is 1. The van der Waals surface area contributed by atoms with E-state index in [2.05, 4.69) is 29.0 Å². The molecule has 2 rings (SSSR count). The van der Waals surface area contributed by atoms with Crippen molar-refractivity contribution >= 4 is 27.3 Å². The van der Waals surface area contributed by atoms with E-state index >= 15 is 0 Å². The van der Waals surface area contributed by atoms with Gasteiger partial charge in [-0.05, 0) is 38.6 Å². The van der Waals surface area contributed by atoms with E-state index in [4.69, 9.17) is 0 Å². The van der Waals surface area contributed by atoms with E-state index in [0.717, 1.165) is 18.4 Å². The van der Waals surface area contributed by atoms with Crippen molar-refractivity contribution in [1.82, 2.24) is 15.2 Å². The third kappa shape index (κ3) is 4.18. The molecular formula is C16H23N3O2S. The van der Waals surface area contributed by atoms with Crippen molar-refractivity contribution in [3.05, 3.63) is 33.6 Å². The molecule has 22 heavy (non-hydrogen) atoms. The van der Waals surface area contributed by atoms with Crippen molar-refractivity contribution in [2.75, 3.05) is 20.6 Å². The molecule has 2 aromatic rings. The van der Waals surface area contributed by atoms with E-state index in [0.29, 0.717) is 15.5 Å². The number of aromatic nitrogens is 1. The Bertz CT molecular complexity index is 693. The summed E-state index contributed by atoms with van der Waals surface area (Å²) < 4.78 is 0.598. The van der Waals surface area contributed by atoms with Gasteiger partial charge in [-0.3, -0.25) is 9.59 Å². The van der Waals surface area contributed by atoms with Crippen LogP contribution in [0, 0.1) is 5.92 Å². The fourth-order valence-corrected chi connectivity index (χ4v) is 3.49. The van der Waals surface area contributed by atoms with Crippen LogP contribution in [0.3, 0.4) is 0 Å². The summed E-state index contributed by atoms with van der Waals surface area (Å²) in [6.07, 6.45) is 2.53. The molecule has 2 aromatic heterocycles. The van der Waals surface area contributed by atoms with E-state index in [1.165, 1.54) is 11.3 Å². The van der Waals surface area contributed by atoms with Gasteiger partial charge < -0.3 is 15.2 Å². The number of rotatable bonds is 6. The number of likely N-dealkylation sites (N-methyl/N-ethyl adjacent to an activating group) is 1. The van der Waals surface area contributed by atoms with E-state index in [1.54, 1.807) is 12.3 Å². The number of nitrogens with zero attached hydrogens (tertiary/aromatic N) is 1. The monoisotopic (exact) mass is 321 g/mol. The Labute approximate surface area is 134 Å². The molecule has 120 valence electrons. The normalized spacial score (nSPS) is 13.0. The van der Waals surface area contributed by atoms with Gasteiger partial charge in [0.25, 0.3) is 11.5 Å². The molecule has 0 aliphatic heterocycles. The van der Waals surface area contributed by atoms with Gasteiger partial charge in [0.15, 0.2) is 0 Å². The largest absolute Gasteiger partial charge is 0.347 e. The lowest BCUT2D eigenvalue weighted by Crippen LogP contribution is -2.42. The van der Waals surface area contributed by atoms with Crippen LogP contribution in [0.2, 0.25) is 0 Å². The van der Waals surface area contributed by atoms with Gasteiger partial charge in [-0.2, -0.15) is 0 Å². The number of carbonyl (C=O) groups is 1. The molecule has 0 aliphatic rings. The molecule has 2 heterocycles. The highest BCUT2D eigenvalue weighted by Gasteiger charge is 2.18. The molecule has 0 aliphatic carbocycles. The van der Waals surface area contributed by atoms with Gasteiger partial charge in [0.2, 0.25) is 0 Å². The number of nitrogens with one attached hydrogen (secondary N) is 2. The summed E-state index contributed by atoms with van der Waals surface area (Å²) >= 11 is 1.24. The van der Waals surface area contributed by atoms with E-state index in [1.807, 2.05) is 20.2 Å². The second-order valence-corrected chi connectivity index (χ2v) is 7.32. The highest BCUT2D eigenvalue weighted by molar-refractivity contribution is 7.20. The molecule has 0 unspecified atom stereocenters. The molecule has 0 radical (unpaired) electrons. The molecule has 1 amide bonds. The zero-order valence-electron chi connectivity index (χ0n) is 13.5. The van der Waals surface area contributed by atoms with Crippen LogP contribution in [0.1, 0.15) is 29.9 Å². The summed E-state index contributed by atoms with van der Waals surface area (Å²) in [5.74, 6) is 0.406. The minimum atomic E-state index is -0.145. The average Bonchev–Trinajstić information content (AvgIpc) is 2.82. The van der Waals surface area contributed by atoms with Crippen molar-refractivity contribution in [2.24, 2.45) is 5.92 Å². The predicted octanol–water partition coefficient (Wildman–Crippen LogP) is 2.30. The summed E-state index contributed by atoms with van der Waals surface area (Å²) in [6.45, 7) is 5.09. The molecule has 5 nitrogen and oxygen atoms in total. The second-order valence-electron chi connectivity index (χ2n) is 6.26. The summed E-state index contributed by atoms with van der Waals surface area (Å²) in [4.78, 5) is 29.5. The number of fused-ring (bicyclic) bond motifs is 1. The minimum absolute atomic E-state index is 0.103. The Kier molecular flexibility index (Phi) is 5.37. The first-order valence-electron chi connectivity index (χ1n) is 7.43. The number of hydrogen-bond donors (Lipinski definition) is 2. The lowest BCUT2D eigenvalue weighted by Gasteiger charge is -2.23. The van der Waals surface area contributed by atoms with Gasteiger partial charge in [-0.15, -0.1) is 11.3 Å². The maximum absolute atomic E-state index is 12.5. The fourth-order valence-electron chi connectivity index (χ4n) is 2.54. The van der Waals surface area contributed by atoms with Gasteiger partial charge in [-0.1, -0.05) is 13.8 Å². The molecule has 0 aromatic carbocycles. The SMILES string of the molecule is CC(C)C[C@@H](CN(C)C)NC(=O)c1cc2cc[nH]c(=O)c2s1. The lowest BCUT2D eigenvalue weighted by atomic mass is 10.0. The highest BCUT2D eigenvalue weighted by atomic mass is 32.1. The molecule has 0 saturated carbocycles. The van der Waals surface area contributed by atoms with Gasteiger partial charge in [0.05, 0.1) is 4.88 Å². The van der Waals surface area contributed by atoms with Crippen LogP contribution < -0.4 is 10.9 Å². The Balaban J connectivity index is 2.17. The third-order valence-corrected chi connectivity index (χ3v) is 4.49. The first kappa shape index (κ1) is 16.7. The van der Waals surface area contributed by atoms with Gasteiger partial charge >= 0.3 is 0 Å². The maximum atomic E-state index is 12.5. The van der Waals surface area contributed by atoms with Crippen LogP contribution in [0.15, 0.2) is 23.1 Å². The molecule has 6 heteroatoms. The molecule has 0 fully saturated rings. The van der Waals surface area contributed by atoms with Gasteiger partial charge in [0, 0.05) is 24.2 Å². The average molecular weight is 321 g/mol. The lowest BCUT2D eigenvalue weighted by molar-refractivity contribution is 0.0929. The van der Waals surface area contributed by atoms with E-state index < -0.39 is 0 Å². The fraction of sp³-hybridized carbons (Fsp3) is 0.500. The topological polar surface area (TPSA) is 65.2 Å². The van der Waals surface area contributed by atoms with Crippen molar-refractivity contribution in [3.8, 4) is 0 Å². The number of thiophene rings is 1. The highest BCUT2D eigenvalue weighted by Crippen LogP contribution is 2.22. The van der Waals surface area contributed by atoms with Crippen LogP contribution in [0.25, 0.3) is 10.1 Å². The minimum Gasteiger partial charge on any atom is -0.347 e. The van der Waals surface area contributed by atoms with Crippen LogP contribution in [-0.4, -0.2) is 42.5 Å². The second kappa shape index (κ2) is 7.07. The van der Waals surface area contributed by atoms with Gasteiger partial charge in [-0.25, -0.2) is 0 Å². The number of hydrogen-bond acceptors (Lipinski definition) is 4. The van der Waals surface area contributed by atoms with Gasteiger partial charge in [0.1, 0.15) is 4.70 Å². The van der Waals surface area contributed by atoms with Crippen molar-refractivity contribution in [3.63, 3.8) is 0 Å². The third-order valence-electron chi connectivity index (χ3n) is 3.34. The zero-order valence-corrected chi connectivity index (χ0v) is 14.3. The Morgan fingerprint density at radius 1 is 1.41 bits per heavy atom. The number of aromatic amines is 1. The molecule has 0 saturated heterocycles. The first-order valence-corrected chi connectivity index (χ1v) is 8.25. The van der Waals surface area contributed by atoms with E-state index in [-0.39, 0.29) is 17.5 Å². The zero-order chi connectivity index (χ0) is 16.3. The smallest absolute Gasteiger partial charge is 0.265 e. The first-order chi connectivity index (χ1) is 10.4. The molecular weight excluding hydrogens is 298 g/mol. The van der Waals surface area contributed by atoms with Crippen LogP contribution in [0.4, 0.5) is 0 Å². The van der Waals surface area contributed by atoms with Crippen molar-refractivity contribution in [2.45, 2.75) is 26.3 Å². The van der Waals surface area contributed by atoms with Crippen molar-refractivity contribution < 1.29 is 4.79 Å². The summed E-state index contributed by atoms with van der Waals surface area (Å²) in [6, 6.07) is 3.70. The molecule has 2 N–H and O–H groups in total. The van der Waals surface area contributed by atoms with Crippen molar-refractivity contribution in [1.29, 1.82) is 0 Å². The number of carbonyl (C=O) groups excluding carboxylic acids is 1. The molecule has 0 spiro atoms. The van der Waals surface area contributed by atoms with E-state index in [9.17, 15) is 9.59 Å². The van der Waals surface area contributed by atoms with Crippen LogP contribution in [0.5, 0.6) is 0 Å². The Morgan fingerprint density at radius 2 is 2.14 bits per heavy atom. The van der Waals surface area contributed by atoms with Crippen LogP contribution in [-0.2, 0) is 0 Å². The Hall–Kier alpha value is -1.66. The maximum Gasteiger partial charge on any atom is 0.265 e. The quantitative estimate of drug-likeness (QED) is 0.858. The summed E-state index contributed by atoms with van der Waals surface area (Å²) in [5, 5.41) is 3.91. The standard InChI is InChI=1S/C16H23N3O2S/c1-10(2)7-12(9-19(3)4)18-15(20)13-8-11-5-6-17-16(21)14(11)22-13/h5-6,8,10,12H,7,9H2,1-4H3,(H,17,21)(H,18,20)/t12-/m0/s1. The summed E-state index contributed by atoms with van der Waals surface area (Å²) in [7, 11) is 4.00. The number of pyridine rings is 1. The Morgan fingerprint density at radius 3 is 2.73 bits per heavy atom. The number of H-pyrrole nitrogens is 1. The molecule has 0 bridgehead atoms. The summed E-state index contributed by atoms with van der Waals surface area (Å²) in [5.41, 5.74) is -0.145.